The molecule has 0 spiro atoms. The predicted octanol–water partition coefficient (Wildman–Crippen LogP) is 4.68. The molecule has 2 N–H and O–H groups in total. The normalized spacial score (nSPS) is 12.2. The number of halogens is 2. The Bertz CT molecular complexity index is 560. The highest BCUT2D eigenvalue weighted by Gasteiger charge is 2.18. The molecule has 0 saturated heterocycles. The molecule has 2 rings (SSSR count). The first-order valence-electron chi connectivity index (χ1n) is 6.09. The molecular formula is C15H15ClFNO. The first kappa shape index (κ1) is 13.8. The maximum absolute atomic E-state index is 14.4. The number of para-hydroxylation sites is 1. The maximum Gasteiger partial charge on any atom is 0.181 e. The summed E-state index contributed by atoms with van der Waals surface area (Å²) in [6.07, 6.45) is 0.642. The molecule has 0 heterocycles. The van der Waals surface area contributed by atoms with E-state index in [2.05, 4.69) is 0 Å². The lowest BCUT2D eigenvalue weighted by molar-refractivity contribution is 0.434. The molecule has 0 saturated carbocycles. The zero-order valence-corrected chi connectivity index (χ0v) is 11.3. The Kier molecular flexibility index (Phi) is 4.40. The number of benzene rings is 2. The number of ether oxygens (including phenoxy) is 1. The van der Waals surface area contributed by atoms with Crippen molar-refractivity contribution in [2.75, 3.05) is 0 Å². The average Bonchev–Trinajstić information content (AvgIpc) is 2.44. The zero-order valence-electron chi connectivity index (χ0n) is 10.6. The van der Waals surface area contributed by atoms with Crippen LogP contribution in [0, 0.1) is 5.82 Å². The fourth-order valence-electron chi connectivity index (χ4n) is 1.75. The van der Waals surface area contributed by atoms with Gasteiger partial charge in [0.05, 0.1) is 5.02 Å². The average molecular weight is 280 g/mol. The summed E-state index contributed by atoms with van der Waals surface area (Å²) in [4.78, 5) is 0. The van der Waals surface area contributed by atoms with E-state index < -0.39 is 5.82 Å². The van der Waals surface area contributed by atoms with Crippen LogP contribution < -0.4 is 10.5 Å². The fraction of sp³-hybridized carbons (Fsp3) is 0.200. The van der Waals surface area contributed by atoms with E-state index in [-0.39, 0.29) is 16.8 Å². The minimum Gasteiger partial charge on any atom is -0.453 e. The summed E-state index contributed by atoms with van der Waals surface area (Å²) in [5.74, 6) is 0.0606. The van der Waals surface area contributed by atoms with E-state index >= 15 is 0 Å². The third-order valence-electron chi connectivity index (χ3n) is 2.88. The number of hydrogen-bond donors (Lipinski definition) is 1. The van der Waals surface area contributed by atoms with Crippen LogP contribution in [0.15, 0.2) is 42.5 Å². The third-order valence-corrected chi connectivity index (χ3v) is 3.18. The summed E-state index contributed by atoms with van der Waals surface area (Å²) in [5, 5.41) is 0.230. The van der Waals surface area contributed by atoms with Crippen molar-refractivity contribution >= 4 is 11.6 Å². The molecule has 0 aromatic heterocycles. The standard InChI is InChI=1S/C15H15ClFNO/c1-2-13(18)11-8-9-12(16)15(14(11)17)19-10-6-4-3-5-7-10/h3-9,13H,2,18H2,1H3/t13-/m1/s1. The van der Waals surface area contributed by atoms with E-state index in [4.69, 9.17) is 22.1 Å². The van der Waals surface area contributed by atoms with Crippen LogP contribution in [-0.2, 0) is 0 Å². The van der Waals surface area contributed by atoms with Crippen molar-refractivity contribution in [2.45, 2.75) is 19.4 Å². The largest absolute Gasteiger partial charge is 0.453 e. The van der Waals surface area contributed by atoms with Gasteiger partial charge in [-0.25, -0.2) is 4.39 Å². The lowest BCUT2D eigenvalue weighted by Gasteiger charge is -2.15. The highest BCUT2D eigenvalue weighted by Crippen LogP contribution is 2.35. The number of rotatable bonds is 4. The molecule has 4 heteroatoms. The summed E-state index contributed by atoms with van der Waals surface area (Å²) in [6, 6.07) is 11.8. The van der Waals surface area contributed by atoms with Crippen LogP contribution in [-0.4, -0.2) is 0 Å². The lowest BCUT2D eigenvalue weighted by Crippen LogP contribution is -2.11. The number of hydrogen-bond acceptors (Lipinski definition) is 2. The van der Waals surface area contributed by atoms with Crippen LogP contribution in [0.25, 0.3) is 0 Å². The molecule has 2 nitrogen and oxygen atoms in total. The van der Waals surface area contributed by atoms with Crippen molar-refractivity contribution in [2.24, 2.45) is 5.73 Å². The molecule has 0 aliphatic rings. The Balaban J connectivity index is 2.39. The van der Waals surface area contributed by atoms with Crippen LogP contribution in [0.1, 0.15) is 24.9 Å². The van der Waals surface area contributed by atoms with E-state index in [1.165, 1.54) is 0 Å². The van der Waals surface area contributed by atoms with E-state index in [0.29, 0.717) is 17.7 Å². The first-order valence-corrected chi connectivity index (χ1v) is 6.47. The molecule has 2 aromatic rings. The van der Waals surface area contributed by atoms with E-state index in [9.17, 15) is 4.39 Å². The molecular weight excluding hydrogens is 265 g/mol. The SMILES string of the molecule is CC[C@@H](N)c1ccc(Cl)c(Oc2ccccc2)c1F. The van der Waals surface area contributed by atoms with Gasteiger partial charge in [0.25, 0.3) is 0 Å². The van der Waals surface area contributed by atoms with Gasteiger partial charge in [0.2, 0.25) is 0 Å². The van der Waals surface area contributed by atoms with Crippen LogP contribution >= 0.6 is 11.6 Å². The second kappa shape index (κ2) is 6.04. The monoisotopic (exact) mass is 279 g/mol. The highest BCUT2D eigenvalue weighted by atomic mass is 35.5. The molecule has 19 heavy (non-hydrogen) atoms. The second-order valence-corrected chi connectivity index (χ2v) is 4.62. The Labute approximate surface area is 117 Å². The van der Waals surface area contributed by atoms with Crippen LogP contribution in [0.3, 0.4) is 0 Å². The molecule has 0 aliphatic heterocycles. The van der Waals surface area contributed by atoms with Gasteiger partial charge in [0.15, 0.2) is 11.6 Å². The van der Waals surface area contributed by atoms with E-state index in [1.807, 2.05) is 25.1 Å². The first-order chi connectivity index (χ1) is 9.13. The lowest BCUT2D eigenvalue weighted by atomic mass is 10.0. The molecule has 0 fully saturated rings. The molecule has 2 aromatic carbocycles. The third kappa shape index (κ3) is 3.06. The summed E-state index contributed by atoms with van der Waals surface area (Å²) >= 11 is 5.99. The van der Waals surface area contributed by atoms with Gasteiger partial charge in [-0.2, -0.15) is 0 Å². The van der Waals surface area contributed by atoms with Gasteiger partial charge in [-0.1, -0.05) is 42.8 Å². The molecule has 0 unspecified atom stereocenters. The van der Waals surface area contributed by atoms with Gasteiger partial charge in [-0.15, -0.1) is 0 Å². The smallest absolute Gasteiger partial charge is 0.181 e. The summed E-state index contributed by atoms with van der Waals surface area (Å²) in [5.41, 5.74) is 6.28. The van der Waals surface area contributed by atoms with Crippen LogP contribution in [0.4, 0.5) is 4.39 Å². The van der Waals surface area contributed by atoms with E-state index in [0.717, 1.165) is 0 Å². The minimum absolute atomic E-state index is 0.0225. The van der Waals surface area contributed by atoms with Crippen molar-refractivity contribution in [3.63, 3.8) is 0 Å². The zero-order chi connectivity index (χ0) is 13.8. The molecule has 0 aliphatic carbocycles. The molecule has 0 radical (unpaired) electrons. The van der Waals surface area contributed by atoms with Crippen LogP contribution in [0.2, 0.25) is 5.02 Å². The summed E-state index contributed by atoms with van der Waals surface area (Å²) in [7, 11) is 0. The van der Waals surface area contributed by atoms with Crippen LogP contribution in [0.5, 0.6) is 11.5 Å². The minimum atomic E-state index is -0.495. The van der Waals surface area contributed by atoms with Crippen molar-refractivity contribution in [3.8, 4) is 11.5 Å². The summed E-state index contributed by atoms with van der Waals surface area (Å²) in [6.45, 7) is 1.90. The van der Waals surface area contributed by atoms with Crippen molar-refractivity contribution in [1.29, 1.82) is 0 Å². The fourth-order valence-corrected chi connectivity index (χ4v) is 1.94. The van der Waals surface area contributed by atoms with Crippen molar-refractivity contribution < 1.29 is 9.13 Å². The summed E-state index contributed by atoms with van der Waals surface area (Å²) < 4.78 is 19.9. The van der Waals surface area contributed by atoms with Gasteiger partial charge in [-0.05, 0) is 24.6 Å². The Hall–Kier alpha value is -1.58. The second-order valence-electron chi connectivity index (χ2n) is 4.21. The number of nitrogens with two attached hydrogens (primary N) is 1. The topological polar surface area (TPSA) is 35.2 Å². The van der Waals surface area contributed by atoms with E-state index in [1.54, 1.807) is 24.3 Å². The van der Waals surface area contributed by atoms with Gasteiger partial charge in [0, 0.05) is 11.6 Å². The van der Waals surface area contributed by atoms with Gasteiger partial charge in [0.1, 0.15) is 5.75 Å². The molecule has 1 atom stereocenters. The van der Waals surface area contributed by atoms with Gasteiger partial charge < -0.3 is 10.5 Å². The molecule has 0 bridgehead atoms. The van der Waals surface area contributed by atoms with Gasteiger partial charge >= 0.3 is 0 Å². The molecule has 0 amide bonds. The Morgan fingerprint density at radius 1 is 1.21 bits per heavy atom. The molecule has 100 valence electrons. The maximum atomic E-state index is 14.4. The van der Waals surface area contributed by atoms with Crippen molar-refractivity contribution in [1.82, 2.24) is 0 Å². The predicted molar refractivity (Wildman–Crippen MR) is 75.1 cm³/mol. The Morgan fingerprint density at radius 2 is 1.89 bits per heavy atom. The highest BCUT2D eigenvalue weighted by molar-refractivity contribution is 6.32. The van der Waals surface area contributed by atoms with Gasteiger partial charge in [-0.3, -0.25) is 0 Å². The quantitative estimate of drug-likeness (QED) is 0.882. The Morgan fingerprint density at radius 3 is 2.53 bits per heavy atom. The van der Waals surface area contributed by atoms with Crippen molar-refractivity contribution in [3.05, 3.63) is 58.9 Å².